The molecule has 3 rings (SSSR count). The summed E-state index contributed by atoms with van der Waals surface area (Å²) < 4.78 is 1.25. The molecule has 0 bridgehead atoms. The van der Waals surface area contributed by atoms with E-state index in [0.29, 0.717) is 10.7 Å². The van der Waals surface area contributed by atoms with E-state index in [0.717, 1.165) is 36.1 Å². The van der Waals surface area contributed by atoms with E-state index in [9.17, 15) is 9.59 Å². The molecule has 6 heteroatoms. The first-order valence-corrected chi connectivity index (χ1v) is 8.02. The van der Waals surface area contributed by atoms with Gasteiger partial charge in [-0.2, -0.15) is 5.10 Å². The van der Waals surface area contributed by atoms with Crippen molar-refractivity contribution < 1.29 is 4.79 Å². The second kappa shape index (κ2) is 6.16. The van der Waals surface area contributed by atoms with Crippen molar-refractivity contribution in [1.82, 2.24) is 9.78 Å². The number of anilines is 1. The lowest BCUT2D eigenvalue weighted by Gasteiger charge is -2.16. The Bertz CT molecular complexity index is 829. The number of hydrogen-bond donors (Lipinski definition) is 1. The minimum atomic E-state index is -0.703. The zero-order valence-electron chi connectivity index (χ0n) is 13.1. The highest BCUT2D eigenvalue weighted by Gasteiger charge is 2.21. The monoisotopic (exact) mass is 331 g/mol. The number of aromatic nitrogens is 2. The summed E-state index contributed by atoms with van der Waals surface area (Å²) in [6.45, 7) is 3.58. The molecule has 23 heavy (non-hydrogen) atoms. The van der Waals surface area contributed by atoms with E-state index in [1.165, 1.54) is 4.68 Å². The van der Waals surface area contributed by atoms with E-state index in [1.54, 1.807) is 25.1 Å². The Labute approximate surface area is 139 Å². The number of carbonyl (C=O) groups excluding carboxylic acids is 1. The van der Waals surface area contributed by atoms with Crippen LogP contribution in [0.15, 0.2) is 29.1 Å². The molecule has 0 saturated heterocycles. The van der Waals surface area contributed by atoms with Crippen LogP contribution in [-0.4, -0.2) is 15.7 Å². The van der Waals surface area contributed by atoms with E-state index >= 15 is 0 Å². The van der Waals surface area contributed by atoms with E-state index in [4.69, 9.17) is 11.6 Å². The maximum Gasteiger partial charge on any atom is 0.267 e. The SMILES string of the molecule is Cc1ccc(NC(=O)[C@H](C)n2nc3c(cc2=O)CCC3)c(Cl)c1. The normalized spacial score (nSPS) is 14.4. The van der Waals surface area contributed by atoms with Gasteiger partial charge in [-0.3, -0.25) is 9.59 Å². The van der Waals surface area contributed by atoms with Gasteiger partial charge in [0.05, 0.1) is 16.4 Å². The van der Waals surface area contributed by atoms with E-state index in [2.05, 4.69) is 10.4 Å². The van der Waals surface area contributed by atoms with Crippen molar-refractivity contribution in [3.63, 3.8) is 0 Å². The average molecular weight is 332 g/mol. The van der Waals surface area contributed by atoms with Gasteiger partial charge in [0.25, 0.3) is 5.56 Å². The summed E-state index contributed by atoms with van der Waals surface area (Å²) in [5.74, 6) is -0.316. The van der Waals surface area contributed by atoms with Crippen LogP contribution in [0.4, 0.5) is 5.69 Å². The highest BCUT2D eigenvalue weighted by Crippen LogP contribution is 2.24. The molecule has 0 radical (unpaired) electrons. The highest BCUT2D eigenvalue weighted by atomic mass is 35.5. The lowest BCUT2D eigenvalue weighted by atomic mass is 10.2. The smallest absolute Gasteiger partial charge is 0.267 e. The minimum Gasteiger partial charge on any atom is -0.323 e. The highest BCUT2D eigenvalue weighted by molar-refractivity contribution is 6.33. The van der Waals surface area contributed by atoms with E-state index in [1.807, 2.05) is 13.0 Å². The molecule has 0 aliphatic heterocycles. The first-order valence-electron chi connectivity index (χ1n) is 7.64. The number of rotatable bonds is 3. The standard InChI is InChI=1S/C17H18ClN3O2/c1-10-6-7-15(13(18)8-10)19-17(23)11(2)21-16(22)9-12-4-3-5-14(12)20-21/h6-9,11H,3-5H2,1-2H3,(H,19,23)/t11-/m0/s1. The number of amides is 1. The van der Waals surface area contributed by atoms with Crippen LogP contribution >= 0.6 is 11.6 Å². The fraction of sp³-hybridized carbons (Fsp3) is 0.353. The number of fused-ring (bicyclic) bond motifs is 1. The number of benzene rings is 1. The quantitative estimate of drug-likeness (QED) is 0.940. The summed E-state index contributed by atoms with van der Waals surface area (Å²) in [7, 11) is 0. The van der Waals surface area contributed by atoms with Crippen LogP contribution in [0.5, 0.6) is 0 Å². The number of nitrogens with one attached hydrogen (secondary N) is 1. The Morgan fingerprint density at radius 1 is 1.35 bits per heavy atom. The molecular weight excluding hydrogens is 314 g/mol. The number of carbonyl (C=O) groups is 1. The lowest BCUT2D eigenvalue weighted by molar-refractivity contribution is -0.119. The molecule has 1 amide bonds. The number of halogens is 1. The summed E-state index contributed by atoms with van der Waals surface area (Å²) in [5, 5.41) is 7.59. The maximum absolute atomic E-state index is 12.4. The van der Waals surface area contributed by atoms with E-state index in [-0.39, 0.29) is 11.5 Å². The Morgan fingerprint density at radius 3 is 2.87 bits per heavy atom. The molecule has 0 unspecified atom stereocenters. The Hall–Kier alpha value is -2.14. The van der Waals surface area contributed by atoms with Crippen LogP contribution in [0.2, 0.25) is 5.02 Å². The van der Waals surface area contributed by atoms with Gasteiger partial charge in [-0.25, -0.2) is 4.68 Å². The summed E-state index contributed by atoms with van der Waals surface area (Å²) in [6.07, 6.45) is 2.75. The van der Waals surface area contributed by atoms with E-state index < -0.39 is 6.04 Å². The van der Waals surface area contributed by atoms with Crippen molar-refractivity contribution >= 4 is 23.2 Å². The predicted molar refractivity (Wildman–Crippen MR) is 90.1 cm³/mol. The second-order valence-electron chi connectivity index (χ2n) is 5.90. The van der Waals surface area contributed by atoms with Crippen molar-refractivity contribution in [2.75, 3.05) is 5.32 Å². The van der Waals surface area contributed by atoms with Gasteiger partial charge in [0.1, 0.15) is 6.04 Å². The van der Waals surface area contributed by atoms with Crippen LogP contribution in [0.1, 0.15) is 36.2 Å². The van der Waals surface area contributed by atoms with Crippen molar-refractivity contribution in [2.45, 2.75) is 39.2 Å². The average Bonchev–Trinajstić information content (AvgIpc) is 2.95. The molecule has 1 atom stereocenters. The summed E-state index contributed by atoms with van der Waals surface area (Å²) in [4.78, 5) is 24.6. The zero-order chi connectivity index (χ0) is 16.6. The zero-order valence-corrected chi connectivity index (χ0v) is 13.9. The summed E-state index contributed by atoms with van der Waals surface area (Å²) >= 11 is 6.13. The van der Waals surface area contributed by atoms with Crippen LogP contribution in [0, 0.1) is 6.92 Å². The van der Waals surface area contributed by atoms with Crippen molar-refractivity contribution in [1.29, 1.82) is 0 Å². The predicted octanol–water partition coefficient (Wildman–Crippen LogP) is 2.89. The third-order valence-corrected chi connectivity index (χ3v) is 4.42. The first kappa shape index (κ1) is 15.7. The lowest BCUT2D eigenvalue weighted by Crippen LogP contribution is -2.34. The first-order chi connectivity index (χ1) is 11.0. The molecule has 1 aliphatic carbocycles. The van der Waals surface area contributed by atoms with Gasteiger partial charge >= 0.3 is 0 Å². The molecular formula is C17H18ClN3O2. The van der Waals surface area contributed by atoms with Crippen LogP contribution in [0.25, 0.3) is 0 Å². The molecule has 5 nitrogen and oxygen atoms in total. The maximum atomic E-state index is 12.4. The van der Waals surface area contributed by atoms with Gasteiger partial charge < -0.3 is 5.32 Å². The Kier molecular flexibility index (Phi) is 4.22. The Balaban J connectivity index is 1.84. The third kappa shape index (κ3) is 3.15. The Morgan fingerprint density at radius 2 is 2.13 bits per heavy atom. The minimum absolute atomic E-state index is 0.247. The summed E-state index contributed by atoms with van der Waals surface area (Å²) in [5.41, 5.74) is 3.21. The van der Waals surface area contributed by atoms with Gasteiger partial charge in [0, 0.05) is 6.07 Å². The van der Waals surface area contributed by atoms with Gasteiger partial charge in [0.2, 0.25) is 5.91 Å². The molecule has 1 aromatic carbocycles. The number of hydrogen-bond acceptors (Lipinski definition) is 3. The van der Waals surface area contributed by atoms with Crippen molar-refractivity contribution in [3.8, 4) is 0 Å². The van der Waals surface area contributed by atoms with Gasteiger partial charge in [-0.1, -0.05) is 17.7 Å². The molecule has 0 spiro atoms. The largest absolute Gasteiger partial charge is 0.323 e. The van der Waals surface area contributed by atoms with Crippen molar-refractivity contribution in [2.24, 2.45) is 0 Å². The molecule has 2 aromatic rings. The third-order valence-electron chi connectivity index (χ3n) is 4.11. The molecule has 1 N–H and O–H groups in total. The molecule has 0 saturated carbocycles. The molecule has 1 aliphatic rings. The number of nitrogens with zero attached hydrogens (tertiary/aromatic N) is 2. The van der Waals surface area contributed by atoms with Gasteiger partial charge in [-0.15, -0.1) is 0 Å². The second-order valence-corrected chi connectivity index (χ2v) is 6.31. The summed E-state index contributed by atoms with van der Waals surface area (Å²) in [6, 6.07) is 6.29. The van der Waals surface area contributed by atoms with Crippen LogP contribution in [0.3, 0.4) is 0 Å². The van der Waals surface area contributed by atoms with Crippen LogP contribution in [-0.2, 0) is 17.6 Å². The van der Waals surface area contributed by atoms with Gasteiger partial charge in [-0.05, 0) is 56.4 Å². The fourth-order valence-electron chi connectivity index (χ4n) is 2.76. The molecule has 1 heterocycles. The van der Waals surface area contributed by atoms with Gasteiger partial charge in [0.15, 0.2) is 0 Å². The molecule has 120 valence electrons. The van der Waals surface area contributed by atoms with Crippen molar-refractivity contribution in [3.05, 3.63) is 56.5 Å². The van der Waals surface area contributed by atoms with Crippen LogP contribution < -0.4 is 10.9 Å². The molecule has 1 aromatic heterocycles. The molecule has 0 fully saturated rings. The fourth-order valence-corrected chi connectivity index (χ4v) is 3.04. The topological polar surface area (TPSA) is 64.0 Å². The number of aryl methyl sites for hydroxylation is 3.